The van der Waals surface area contributed by atoms with E-state index in [1.54, 1.807) is 6.20 Å². The minimum atomic E-state index is -0.328. The van der Waals surface area contributed by atoms with Crippen molar-refractivity contribution in [3.05, 3.63) is 24.5 Å². The van der Waals surface area contributed by atoms with Gasteiger partial charge in [0.25, 0.3) is 0 Å². The van der Waals surface area contributed by atoms with Crippen molar-refractivity contribution in [2.24, 2.45) is 17.3 Å². The number of ether oxygens (including phenoxy) is 1. The molecule has 6 heteroatoms. The first-order valence-electron chi connectivity index (χ1n) is 11.0. The van der Waals surface area contributed by atoms with Gasteiger partial charge < -0.3 is 20.3 Å². The molecule has 1 amide bonds. The summed E-state index contributed by atoms with van der Waals surface area (Å²) in [6.07, 6.45) is 11.4. The van der Waals surface area contributed by atoms with E-state index in [0.29, 0.717) is 19.1 Å². The number of carbonyl (C=O) groups is 1. The molecule has 1 saturated carbocycles. The van der Waals surface area contributed by atoms with Crippen LogP contribution in [0.2, 0.25) is 0 Å². The highest BCUT2D eigenvalue weighted by Gasteiger charge is 2.55. The Balaban J connectivity index is 1.23. The summed E-state index contributed by atoms with van der Waals surface area (Å²) < 4.78 is 5.75. The first-order chi connectivity index (χ1) is 13.8. The van der Waals surface area contributed by atoms with E-state index in [0.717, 1.165) is 44.3 Å². The molecule has 3 aliphatic rings. The molecule has 0 aromatic carbocycles. The van der Waals surface area contributed by atoms with Crippen molar-refractivity contribution in [3.8, 4) is 0 Å². The van der Waals surface area contributed by atoms with Crippen LogP contribution in [0.4, 0.5) is 5.69 Å². The second-order valence-electron chi connectivity index (χ2n) is 8.84. The third-order valence-corrected chi connectivity index (χ3v) is 6.77. The Hall–Kier alpha value is -1.66. The second kappa shape index (κ2) is 9.23. The van der Waals surface area contributed by atoms with Crippen molar-refractivity contribution in [1.29, 1.82) is 0 Å². The highest BCUT2D eigenvalue weighted by atomic mass is 16.5. The third-order valence-electron chi connectivity index (χ3n) is 6.77. The average Bonchev–Trinajstić information content (AvgIpc) is 3.27. The van der Waals surface area contributed by atoms with Crippen LogP contribution in [0.5, 0.6) is 0 Å². The molecular formula is C22H34N4O2. The Bertz CT molecular complexity index is 635. The van der Waals surface area contributed by atoms with Gasteiger partial charge in [0.2, 0.25) is 5.91 Å². The lowest BCUT2D eigenvalue weighted by Gasteiger charge is -2.29. The van der Waals surface area contributed by atoms with Crippen molar-refractivity contribution in [3.63, 3.8) is 0 Å². The molecule has 0 unspecified atom stereocenters. The van der Waals surface area contributed by atoms with Gasteiger partial charge in [0, 0.05) is 51.0 Å². The van der Waals surface area contributed by atoms with Crippen molar-refractivity contribution in [2.75, 3.05) is 51.3 Å². The van der Waals surface area contributed by atoms with Gasteiger partial charge >= 0.3 is 0 Å². The molecule has 0 spiro atoms. The minimum Gasteiger partial charge on any atom is -0.384 e. The number of amides is 1. The number of anilines is 1. The molecule has 3 fully saturated rings. The molecule has 2 aliphatic heterocycles. The lowest BCUT2D eigenvalue weighted by atomic mass is 9.80. The van der Waals surface area contributed by atoms with E-state index in [1.165, 1.54) is 38.6 Å². The van der Waals surface area contributed by atoms with Crippen molar-refractivity contribution >= 4 is 11.6 Å². The molecule has 1 aromatic heterocycles. The van der Waals surface area contributed by atoms with Crippen molar-refractivity contribution in [2.45, 2.75) is 38.5 Å². The van der Waals surface area contributed by atoms with Gasteiger partial charge in [0.15, 0.2) is 0 Å². The number of likely N-dealkylation sites (tertiary alicyclic amines) is 1. The standard InChI is InChI=1S/C22H34N4O2/c27-21(25-11-5-10-24-20-8-4-9-23-12-20)22-16-26(14-19(22)15-28-17-22)13-18-6-2-1-3-7-18/h4,8-9,12,18-19,24H,1-3,5-7,10-11,13-17H2,(H,25,27)/t19-,22-/m1/s1. The summed E-state index contributed by atoms with van der Waals surface area (Å²) >= 11 is 0. The van der Waals surface area contributed by atoms with Gasteiger partial charge in [-0.05, 0) is 37.3 Å². The lowest BCUT2D eigenvalue weighted by Crippen LogP contribution is -2.47. The molecule has 1 aromatic rings. The van der Waals surface area contributed by atoms with Crippen molar-refractivity contribution < 1.29 is 9.53 Å². The average molecular weight is 387 g/mol. The van der Waals surface area contributed by atoms with Gasteiger partial charge in [-0.25, -0.2) is 0 Å². The van der Waals surface area contributed by atoms with Crippen LogP contribution in [0.3, 0.4) is 0 Å². The maximum atomic E-state index is 13.1. The summed E-state index contributed by atoms with van der Waals surface area (Å²) in [5.74, 6) is 1.37. The highest BCUT2D eigenvalue weighted by Crippen LogP contribution is 2.42. The normalized spacial score (nSPS) is 28.2. The van der Waals surface area contributed by atoms with Gasteiger partial charge in [-0.15, -0.1) is 0 Å². The molecule has 154 valence electrons. The fourth-order valence-electron chi connectivity index (χ4n) is 5.20. The van der Waals surface area contributed by atoms with Crippen LogP contribution in [0.25, 0.3) is 0 Å². The van der Waals surface area contributed by atoms with E-state index in [-0.39, 0.29) is 11.3 Å². The van der Waals surface area contributed by atoms with Crippen LogP contribution >= 0.6 is 0 Å². The van der Waals surface area contributed by atoms with Crippen molar-refractivity contribution in [1.82, 2.24) is 15.2 Å². The molecule has 28 heavy (non-hydrogen) atoms. The minimum absolute atomic E-state index is 0.197. The first kappa shape index (κ1) is 19.6. The molecule has 4 rings (SSSR count). The smallest absolute Gasteiger partial charge is 0.230 e. The summed E-state index contributed by atoms with van der Waals surface area (Å²) in [5, 5.41) is 6.53. The topological polar surface area (TPSA) is 66.5 Å². The van der Waals surface area contributed by atoms with Gasteiger partial charge in [0.05, 0.1) is 24.3 Å². The Labute approximate surface area is 168 Å². The van der Waals surface area contributed by atoms with Crippen LogP contribution < -0.4 is 10.6 Å². The largest absolute Gasteiger partial charge is 0.384 e. The molecular weight excluding hydrogens is 352 g/mol. The second-order valence-corrected chi connectivity index (χ2v) is 8.84. The van der Waals surface area contributed by atoms with Gasteiger partial charge in [-0.2, -0.15) is 0 Å². The Morgan fingerprint density at radius 1 is 1.29 bits per heavy atom. The Kier molecular flexibility index (Phi) is 6.47. The maximum absolute atomic E-state index is 13.1. The fraction of sp³-hybridized carbons (Fsp3) is 0.727. The molecule has 2 atom stereocenters. The molecule has 2 N–H and O–H groups in total. The van der Waals surface area contributed by atoms with Gasteiger partial charge in [0.1, 0.15) is 0 Å². The number of nitrogens with one attached hydrogen (secondary N) is 2. The zero-order chi connectivity index (χ0) is 19.2. The highest BCUT2D eigenvalue weighted by molar-refractivity contribution is 5.84. The van der Waals surface area contributed by atoms with E-state index in [4.69, 9.17) is 4.74 Å². The Morgan fingerprint density at radius 3 is 3.00 bits per heavy atom. The van der Waals surface area contributed by atoms with Crippen LogP contribution in [-0.2, 0) is 9.53 Å². The predicted octanol–water partition coefficient (Wildman–Crippen LogP) is 2.53. The predicted molar refractivity (Wildman–Crippen MR) is 110 cm³/mol. The molecule has 0 radical (unpaired) electrons. The van der Waals surface area contributed by atoms with E-state index in [1.807, 2.05) is 18.3 Å². The zero-order valence-corrected chi connectivity index (χ0v) is 16.9. The summed E-state index contributed by atoms with van der Waals surface area (Å²) in [6.45, 7) is 5.90. The number of carbonyl (C=O) groups excluding carboxylic acids is 1. The number of hydrogen-bond acceptors (Lipinski definition) is 5. The maximum Gasteiger partial charge on any atom is 0.230 e. The number of hydrogen-bond donors (Lipinski definition) is 2. The van der Waals surface area contributed by atoms with E-state index in [2.05, 4.69) is 20.5 Å². The summed E-state index contributed by atoms with van der Waals surface area (Å²) in [4.78, 5) is 19.7. The summed E-state index contributed by atoms with van der Waals surface area (Å²) in [5.41, 5.74) is 0.691. The Morgan fingerprint density at radius 2 is 2.18 bits per heavy atom. The molecule has 6 nitrogen and oxygen atoms in total. The number of rotatable bonds is 8. The van der Waals surface area contributed by atoms with Crippen LogP contribution in [-0.4, -0.2) is 61.7 Å². The number of fused-ring (bicyclic) bond motifs is 1. The van der Waals surface area contributed by atoms with Gasteiger partial charge in [-0.3, -0.25) is 9.78 Å². The van der Waals surface area contributed by atoms with E-state index >= 15 is 0 Å². The molecule has 0 bridgehead atoms. The van der Waals surface area contributed by atoms with Gasteiger partial charge in [-0.1, -0.05) is 19.3 Å². The van der Waals surface area contributed by atoms with Crippen LogP contribution in [0, 0.1) is 17.3 Å². The molecule has 1 aliphatic carbocycles. The van der Waals surface area contributed by atoms with E-state index < -0.39 is 0 Å². The zero-order valence-electron chi connectivity index (χ0n) is 16.9. The molecule has 2 saturated heterocycles. The summed E-state index contributed by atoms with van der Waals surface area (Å²) in [6, 6.07) is 3.92. The lowest BCUT2D eigenvalue weighted by molar-refractivity contribution is -0.131. The number of pyridine rings is 1. The van der Waals surface area contributed by atoms with Crippen LogP contribution in [0.1, 0.15) is 38.5 Å². The first-order valence-corrected chi connectivity index (χ1v) is 11.0. The number of aromatic nitrogens is 1. The number of nitrogens with zero attached hydrogens (tertiary/aromatic N) is 2. The molecule has 3 heterocycles. The fourth-order valence-corrected chi connectivity index (χ4v) is 5.20. The quantitative estimate of drug-likeness (QED) is 0.672. The summed E-state index contributed by atoms with van der Waals surface area (Å²) in [7, 11) is 0. The third kappa shape index (κ3) is 4.49. The monoisotopic (exact) mass is 386 g/mol. The SMILES string of the molecule is O=C(NCCCNc1cccnc1)[C@]12COC[C@H]1CN(CC1CCCCC1)C2. The van der Waals surface area contributed by atoms with E-state index in [9.17, 15) is 4.79 Å². The van der Waals surface area contributed by atoms with Crippen LogP contribution in [0.15, 0.2) is 24.5 Å².